The second kappa shape index (κ2) is 5.19. The van der Waals surface area contributed by atoms with Gasteiger partial charge in [-0.2, -0.15) is 4.57 Å². The maximum Gasteiger partial charge on any atom is 0.238 e. The zero-order valence-electron chi connectivity index (χ0n) is 11.5. The lowest BCUT2D eigenvalue weighted by Crippen LogP contribution is -2.28. The summed E-state index contributed by atoms with van der Waals surface area (Å²) in [7, 11) is 2.03. The Bertz CT molecular complexity index is 813. The molecule has 0 bridgehead atoms. The molecule has 1 aromatic carbocycles. The molecule has 0 spiro atoms. The highest BCUT2D eigenvalue weighted by Gasteiger charge is 2.16. The maximum absolute atomic E-state index is 6.57. The van der Waals surface area contributed by atoms with Gasteiger partial charge in [0.1, 0.15) is 12.6 Å². The number of halogens is 2. The lowest BCUT2D eigenvalue weighted by atomic mass is 10.0. The van der Waals surface area contributed by atoms with Crippen LogP contribution in [0.3, 0.4) is 0 Å². The van der Waals surface area contributed by atoms with Gasteiger partial charge in [-0.05, 0) is 31.0 Å². The average molecular weight is 306 g/mol. The number of hydrogen-bond donors (Lipinski definition) is 0. The van der Waals surface area contributed by atoms with Crippen molar-refractivity contribution in [3.05, 3.63) is 46.7 Å². The molecule has 3 rings (SSSR count). The molecule has 0 N–H and O–H groups in total. The molecule has 0 aliphatic heterocycles. The molecule has 0 radical (unpaired) electrons. The molecule has 2 heterocycles. The first-order valence-electron chi connectivity index (χ1n) is 6.55. The van der Waals surface area contributed by atoms with Crippen molar-refractivity contribution in [2.24, 2.45) is 7.05 Å². The number of aryl methyl sites for hydroxylation is 2. The fourth-order valence-corrected chi connectivity index (χ4v) is 3.26. The van der Waals surface area contributed by atoms with Crippen molar-refractivity contribution in [3.8, 4) is 0 Å². The molecule has 4 heteroatoms. The topological polar surface area (TPSA) is 16.8 Å². The third-order valence-electron chi connectivity index (χ3n) is 3.68. The molecule has 2 nitrogen and oxygen atoms in total. The summed E-state index contributed by atoms with van der Waals surface area (Å²) < 4.78 is 2.08. The van der Waals surface area contributed by atoms with E-state index in [1.807, 2.05) is 32.3 Å². The normalized spacial score (nSPS) is 11.4. The van der Waals surface area contributed by atoms with Crippen LogP contribution in [0.15, 0.2) is 30.5 Å². The van der Waals surface area contributed by atoms with Gasteiger partial charge < -0.3 is 0 Å². The standard InChI is InChI=1S/C16H15Cl2N2/c1-10-12(7-8-17)14(18)13-6-5-11-4-3-9-20(2)16(11)15(13)19-10/h3-6,9H,7-8H2,1-2H3/q+1. The molecule has 0 aliphatic rings. The van der Waals surface area contributed by atoms with Crippen LogP contribution in [0, 0.1) is 6.92 Å². The molecule has 0 amide bonds. The minimum atomic E-state index is 0.551. The molecular weight excluding hydrogens is 291 g/mol. The van der Waals surface area contributed by atoms with Crippen LogP contribution in [0.25, 0.3) is 21.8 Å². The average Bonchev–Trinajstić information content (AvgIpc) is 2.43. The van der Waals surface area contributed by atoms with E-state index < -0.39 is 0 Å². The first-order valence-corrected chi connectivity index (χ1v) is 7.46. The second-order valence-electron chi connectivity index (χ2n) is 4.95. The number of fused-ring (bicyclic) bond motifs is 3. The van der Waals surface area contributed by atoms with Crippen LogP contribution in [0.2, 0.25) is 5.02 Å². The van der Waals surface area contributed by atoms with E-state index in [0.29, 0.717) is 5.88 Å². The van der Waals surface area contributed by atoms with E-state index >= 15 is 0 Å². The monoisotopic (exact) mass is 305 g/mol. The quantitative estimate of drug-likeness (QED) is 0.398. The van der Waals surface area contributed by atoms with Gasteiger partial charge in [0.25, 0.3) is 0 Å². The number of aromatic nitrogens is 2. The fourth-order valence-electron chi connectivity index (χ4n) is 2.68. The highest BCUT2D eigenvalue weighted by atomic mass is 35.5. The van der Waals surface area contributed by atoms with Gasteiger partial charge in [0.05, 0.1) is 5.02 Å². The minimum Gasteiger partial charge on any atom is -0.246 e. The zero-order chi connectivity index (χ0) is 14.3. The van der Waals surface area contributed by atoms with Gasteiger partial charge in [0.2, 0.25) is 5.52 Å². The Kier molecular flexibility index (Phi) is 3.53. The summed E-state index contributed by atoms with van der Waals surface area (Å²) in [6.07, 6.45) is 2.77. The van der Waals surface area contributed by atoms with E-state index in [4.69, 9.17) is 28.2 Å². The highest BCUT2D eigenvalue weighted by Crippen LogP contribution is 2.31. The van der Waals surface area contributed by atoms with Crippen LogP contribution in [0.1, 0.15) is 11.3 Å². The van der Waals surface area contributed by atoms with Crippen LogP contribution in [-0.2, 0) is 13.5 Å². The van der Waals surface area contributed by atoms with Crippen LogP contribution in [0.4, 0.5) is 0 Å². The molecule has 0 atom stereocenters. The summed E-state index contributed by atoms with van der Waals surface area (Å²) in [6.45, 7) is 2.00. The third kappa shape index (κ3) is 2.04. The molecule has 2 aromatic heterocycles. The minimum absolute atomic E-state index is 0.551. The summed E-state index contributed by atoms with van der Waals surface area (Å²) in [5.41, 5.74) is 4.06. The predicted molar refractivity (Wildman–Crippen MR) is 84.6 cm³/mol. The van der Waals surface area contributed by atoms with Crippen LogP contribution < -0.4 is 4.57 Å². The van der Waals surface area contributed by atoms with Crippen molar-refractivity contribution in [2.75, 3.05) is 5.88 Å². The Morgan fingerprint density at radius 3 is 2.80 bits per heavy atom. The third-order valence-corrected chi connectivity index (χ3v) is 4.30. The molecule has 0 aliphatic carbocycles. The van der Waals surface area contributed by atoms with Crippen LogP contribution in [-0.4, -0.2) is 10.9 Å². The predicted octanol–water partition coefficient (Wildman–Crippen LogP) is 3.96. The van der Waals surface area contributed by atoms with E-state index in [1.165, 1.54) is 0 Å². The van der Waals surface area contributed by atoms with Gasteiger partial charge in [-0.1, -0.05) is 17.7 Å². The lowest BCUT2D eigenvalue weighted by molar-refractivity contribution is -0.644. The van der Waals surface area contributed by atoms with E-state index in [2.05, 4.69) is 16.7 Å². The van der Waals surface area contributed by atoms with Gasteiger partial charge in [0.15, 0.2) is 6.20 Å². The molecule has 0 saturated carbocycles. The molecular formula is C16H15Cl2N2+. The number of benzene rings is 1. The van der Waals surface area contributed by atoms with E-state index in [-0.39, 0.29) is 0 Å². The number of pyridine rings is 2. The van der Waals surface area contributed by atoms with Crippen molar-refractivity contribution in [1.82, 2.24) is 4.98 Å². The molecule has 0 unspecified atom stereocenters. The van der Waals surface area contributed by atoms with Gasteiger partial charge in [-0.25, -0.2) is 4.98 Å². The van der Waals surface area contributed by atoms with Crippen LogP contribution in [0.5, 0.6) is 0 Å². The lowest BCUT2D eigenvalue weighted by Gasteiger charge is -2.10. The van der Waals surface area contributed by atoms with Crippen molar-refractivity contribution in [2.45, 2.75) is 13.3 Å². The fraction of sp³-hybridized carbons (Fsp3) is 0.250. The number of nitrogens with zero attached hydrogens (tertiary/aromatic N) is 2. The highest BCUT2D eigenvalue weighted by molar-refractivity contribution is 6.37. The maximum atomic E-state index is 6.57. The SMILES string of the molecule is Cc1nc2c(ccc3ccc[n+](C)c32)c(Cl)c1CCCl. The summed E-state index contributed by atoms with van der Waals surface area (Å²) in [4.78, 5) is 4.78. The number of alkyl halides is 1. The first-order chi connectivity index (χ1) is 9.63. The Morgan fingerprint density at radius 2 is 2.05 bits per heavy atom. The van der Waals surface area contributed by atoms with E-state index in [0.717, 1.165) is 44.5 Å². The van der Waals surface area contributed by atoms with Crippen LogP contribution >= 0.6 is 23.2 Å². The Labute approximate surface area is 128 Å². The molecule has 20 heavy (non-hydrogen) atoms. The molecule has 3 aromatic rings. The Balaban J connectivity index is 2.47. The van der Waals surface area contributed by atoms with Gasteiger partial charge in [-0.3, -0.25) is 0 Å². The smallest absolute Gasteiger partial charge is 0.238 e. The first kappa shape index (κ1) is 13.6. The zero-order valence-corrected chi connectivity index (χ0v) is 13.0. The summed E-state index contributed by atoms with van der Waals surface area (Å²) >= 11 is 12.4. The summed E-state index contributed by atoms with van der Waals surface area (Å²) in [5, 5.41) is 2.93. The van der Waals surface area contributed by atoms with Crippen molar-refractivity contribution < 1.29 is 4.57 Å². The Morgan fingerprint density at radius 1 is 1.25 bits per heavy atom. The van der Waals surface area contributed by atoms with Gasteiger partial charge >= 0.3 is 0 Å². The van der Waals surface area contributed by atoms with Crippen molar-refractivity contribution >= 4 is 45.0 Å². The Hall–Kier alpha value is -1.38. The summed E-state index contributed by atoms with van der Waals surface area (Å²) in [6, 6.07) is 8.26. The second-order valence-corrected chi connectivity index (χ2v) is 5.70. The molecule has 0 saturated heterocycles. The van der Waals surface area contributed by atoms with E-state index in [1.54, 1.807) is 0 Å². The van der Waals surface area contributed by atoms with Crippen molar-refractivity contribution in [1.29, 1.82) is 0 Å². The van der Waals surface area contributed by atoms with E-state index in [9.17, 15) is 0 Å². The number of hydrogen-bond acceptors (Lipinski definition) is 1. The van der Waals surface area contributed by atoms with Crippen molar-refractivity contribution in [3.63, 3.8) is 0 Å². The summed E-state index contributed by atoms with van der Waals surface area (Å²) in [5.74, 6) is 0.551. The molecule has 0 fully saturated rings. The largest absolute Gasteiger partial charge is 0.246 e. The number of rotatable bonds is 2. The molecule has 102 valence electrons. The van der Waals surface area contributed by atoms with Gasteiger partial charge in [-0.15, -0.1) is 11.6 Å². The van der Waals surface area contributed by atoms with Gasteiger partial charge in [0, 0.05) is 28.4 Å².